The maximum Gasteiger partial charge on any atom is 0.339 e. The van der Waals surface area contributed by atoms with Crippen molar-refractivity contribution in [2.75, 3.05) is 25.3 Å². The predicted octanol–water partition coefficient (Wildman–Crippen LogP) is 4.71. The van der Waals surface area contributed by atoms with Crippen molar-refractivity contribution in [2.45, 2.75) is 6.54 Å². The fourth-order valence-corrected chi connectivity index (χ4v) is 2.78. The molecular formula is C28H26F2N4O5. The number of carbonyl (C=O) groups excluding carboxylic acids is 3. The van der Waals surface area contributed by atoms with Gasteiger partial charge in [-0.1, -0.05) is 12.1 Å². The zero-order valence-corrected chi connectivity index (χ0v) is 21.1. The van der Waals surface area contributed by atoms with Gasteiger partial charge in [-0.25, -0.2) is 18.4 Å². The van der Waals surface area contributed by atoms with Crippen molar-refractivity contribution in [3.05, 3.63) is 119 Å². The monoisotopic (exact) mass is 536 g/mol. The van der Waals surface area contributed by atoms with Gasteiger partial charge in [0, 0.05) is 23.8 Å². The van der Waals surface area contributed by atoms with Crippen LogP contribution in [-0.2, 0) is 16.0 Å². The van der Waals surface area contributed by atoms with Crippen LogP contribution in [0, 0.1) is 11.6 Å². The first-order chi connectivity index (χ1) is 18.7. The summed E-state index contributed by atoms with van der Waals surface area (Å²) in [5.74, 6) is -1.46. The van der Waals surface area contributed by atoms with Crippen LogP contribution in [0.25, 0.3) is 0 Å². The number of aromatic nitrogens is 2. The molecule has 11 heteroatoms. The number of carbonyl (C=O) groups is 3. The van der Waals surface area contributed by atoms with Gasteiger partial charge in [0.1, 0.15) is 17.3 Å². The van der Waals surface area contributed by atoms with Crippen molar-refractivity contribution in [2.24, 2.45) is 0 Å². The maximum atomic E-state index is 13.0. The van der Waals surface area contributed by atoms with E-state index in [4.69, 9.17) is 5.73 Å². The molecule has 0 bridgehead atoms. The lowest BCUT2D eigenvalue weighted by Crippen LogP contribution is -2.05. The molecule has 0 fully saturated rings. The van der Waals surface area contributed by atoms with Crippen molar-refractivity contribution in [3.8, 4) is 0 Å². The highest BCUT2D eigenvalue weighted by molar-refractivity contribution is 5.89. The second-order valence-electron chi connectivity index (χ2n) is 7.53. The number of methoxy groups -OCH3 is 2. The smallest absolute Gasteiger partial charge is 0.339 e. The number of nitrogens with one attached hydrogen (secondary N) is 1. The lowest BCUT2D eigenvalue weighted by molar-refractivity contribution is 0.0591. The van der Waals surface area contributed by atoms with E-state index >= 15 is 0 Å². The molecule has 0 spiro atoms. The number of ether oxygens (including phenoxy) is 2. The van der Waals surface area contributed by atoms with Gasteiger partial charge in [-0.05, 0) is 60.7 Å². The molecule has 39 heavy (non-hydrogen) atoms. The quantitative estimate of drug-likeness (QED) is 0.204. The number of anilines is 2. The van der Waals surface area contributed by atoms with Crippen LogP contribution in [0.2, 0.25) is 0 Å². The van der Waals surface area contributed by atoms with E-state index in [2.05, 4.69) is 24.8 Å². The van der Waals surface area contributed by atoms with Gasteiger partial charge in [-0.2, -0.15) is 0 Å². The number of nitrogens with zero attached hydrogens (tertiary/aromatic N) is 2. The first-order valence-electron chi connectivity index (χ1n) is 11.3. The van der Waals surface area contributed by atoms with Gasteiger partial charge in [-0.3, -0.25) is 14.8 Å². The number of nitrogens with two attached hydrogens (primary N) is 1. The molecule has 0 unspecified atom stereocenters. The van der Waals surface area contributed by atoms with Crippen LogP contribution < -0.4 is 11.1 Å². The third-order valence-corrected chi connectivity index (χ3v) is 4.72. The number of halogens is 2. The Kier molecular flexibility index (Phi) is 12.2. The minimum absolute atomic E-state index is 0.287. The standard InChI is InChI=1S/C14H13FN2O2.C8H7NO3.C6H6FN/c1-19-14(18)10-5-6-13(16-8-10)9-17-12-4-2-3-11(15)7-12;1-12-8(11)6-2-3-7(5-10)9-4-6;7-5-2-1-3-6(8)4-5/h2-8,17H,9H2,1H3;2-5H,1H3;1-4H,8H2. The molecule has 0 aliphatic carbocycles. The highest BCUT2D eigenvalue weighted by Gasteiger charge is 2.06. The van der Waals surface area contributed by atoms with Gasteiger partial charge in [0.25, 0.3) is 0 Å². The van der Waals surface area contributed by atoms with E-state index in [9.17, 15) is 23.2 Å². The highest BCUT2D eigenvalue weighted by atomic mass is 19.1. The molecule has 3 N–H and O–H groups in total. The van der Waals surface area contributed by atoms with Crippen molar-refractivity contribution in [1.29, 1.82) is 0 Å². The second-order valence-corrected chi connectivity index (χ2v) is 7.53. The molecule has 0 amide bonds. The molecule has 0 atom stereocenters. The molecular weight excluding hydrogens is 510 g/mol. The Morgan fingerprint density at radius 2 is 1.44 bits per heavy atom. The van der Waals surface area contributed by atoms with Crippen LogP contribution in [0.1, 0.15) is 36.9 Å². The number of pyridine rings is 2. The van der Waals surface area contributed by atoms with Crippen LogP contribution >= 0.6 is 0 Å². The summed E-state index contributed by atoms with van der Waals surface area (Å²) in [6, 6.07) is 18.3. The molecule has 2 heterocycles. The first-order valence-corrected chi connectivity index (χ1v) is 11.3. The fourth-order valence-electron chi connectivity index (χ4n) is 2.78. The van der Waals surface area contributed by atoms with Crippen molar-refractivity contribution in [3.63, 3.8) is 0 Å². The summed E-state index contributed by atoms with van der Waals surface area (Å²) in [7, 11) is 2.61. The second kappa shape index (κ2) is 15.8. The molecule has 202 valence electrons. The van der Waals surface area contributed by atoms with Crippen LogP contribution in [0.15, 0.2) is 85.2 Å². The average molecular weight is 537 g/mol. The summed E-state index contributed by atoms with van der Waals surface area (Å²) < 4.78 is 34.1. The van der Waals surface area contributed by atoms with Gasteiger partial charge in [0.05, 0.1) is 37.6 Å². The van der Waals surface area contributed by atoms with Crippen LogP contribution in [0.4, 0.5) is 20.2 Å². The van der Waals surface area contributed by atoms with E-state index < -0.39 is 11.9 Å². The number of esters is 2. The van der Waals surface area contributed by atoms with Gasteiger partial charge in [-0.15, -0.1) is 0 Å². The van der Waals surface area contributed by atoms with E-state index in [1.807, 2.05) is 0 Å². The predicted molar refractivity (Wildman–Crippen MR) is 141 cm³/mol. The van der Waals surface area contributed by atoms with E-state index in [1.54, 1.807) is 36.4 Å². The zero-order chi connectivity index (χ0) is 28.6. The summed E-state index contributed by atoms with van der Waals surface area (Å²) in [6.45, 7) is 0.449. The Balaban J connectivity index is 0.000000227. The van der Waals surface area contributed by atoms with Crippen LogP contribution in [0.3, 0.4) is 0 Å². The van der Waals surface area contributed by atoms with E-state index in [1.165, 1.54) is 63.0 Å². The number of aldehydes is 1. The Morgan fingerprint density at radius 1 is 0.846 bits per heavy atom. The Morgan fingerprint density at radius 3 is 1.87 bits per heavy atom. The number of benzene rings is 2. The summed E-state index contributed by atoms with van der Waals surface area (Å²) in [5.41, 5.74) is 8.14. The van der Waals surface area contributed by atoms with E-state index in [0.717, 1.165) is 5.69 Å². The first kappa shape index (κ1) is 30.0. The molecule has 0 radical (unpaired) electrons. The molecule has 2 aromatic carbocycles. The normalized spacial score (nSPS) is 9.54. The highest BCUT2D eigenvalue weighted by Crippen LogP contribution is 2.11. The Hall–Kier alpha value is -5.19. The lowest BCUT2D eigenvalue weighted by atomic mass is 10.2. The fraction of sp³-hybridized carbons (Fsp3) is 0.107. The summed E-state index contributed by atoms with van der Waals surface area (Å²) in [5, 5.41) is 3.05. The molecule has 0 aliphatic rings. The summed E-state index contributed by atoms with van der Waals surface area (Å²) in [6.07, 6.45) is 3.37. The van der Waals surface area contributed by atoms with Crippen LogP contribution in [-0.4, -0.2) is 42.4 Å². The van der Waals surface area contributed by atoms with Gasteiger partial charge in [0.2, 0.25) is 0 Å². The molecule has 0 saturated carbocycles. The average Bonchev–Trinajstić information content (AvgIpc) is 2.96. The number of hydrogen-bond acceptors (Lipinski definition) is 9. The Bertz CT molecular complexity index is 1350. The van der Waals surface area contributed by atoms with Crippen LogP contribution in [0.5, 0.6) is 0 Å². The summed E-state index contributed by atoms with van der Waals surface area (Å²) >= 11 is 0. The minimum atomic E-state index is -0.458. The van der Waals surface area contributed by atoms with Gasteiger partial charge in [0.15, 0.2) is 6.29 Å². The zero-order valence-electron chi connectivity index (χ0n) is 21.1. The summed E-state index contributed by atoms with van der Waals surface area (Å²) in [4.78, 5) is 40.1. The van der Waals surface area contributed by atoms with Gasteiger partial charge < -0.3 is 20.5 Å². The lowest BCUT2D eigenvalue weighted by Gasteiger charge is -2.06. The maximum absolute atomic E-state index is 13.0. The third kappa shape index (κ3) is 10.8. The van der Waals surface area contributed by atoms with Gasteiger partial charge >= 0.3 is 11.9 Å². The molecule has 0 aliphatic heterocycles. The Labute approximate surface area is 223 Å². The van der Waals surface area contributed by atoms with E-state index in [0.29, 0.717) is 41.0 Å². The van der Waals surface area contributed by atoms with Crippen molar-refractivity contribution < 1.29 is 32.6 Å². The minimum Gasteiger partial charge on any atom is -0.465 e. The van der Waals surface area contributed by atoms with Crippen molar-refractivity contribution in [1.82, 2.24) is 9.97 Å². The van der Waals surface area contributed by atoms with Crippen molar-refractivity contribution >= 4 is 29.6 Å². The molecule has 9 nitrogen and oxygen atoms in total. The molecule has 0 saturated heterocycles. The third-order valence-electron chi connectivity index (χ3n) is 4.72. The largest absolute Gasteiger partial charge is 0.465 e. The number of hydrogen-bond donors (Lipinski definition) is 2. The molecule has 4 rings (SSSR count). The topological polar surface area (TPSA) is 134 Å². The van der Waals surface area contributed by atoms with E-state index in [-0.39, 0.29) is 11.6 Å². The molecule has 4 aromatic rings. The number of rotatable bonds is 6. The SMILES string of the molecule is COC(=O)c1ccc(C=O)nc1.COC(=O)c1ccc(CNc2cccc(F)c2)nc1.Nc1cccc(F)c1. The molecule has 2 aromatic heterocycles. The number of nitrogen functional groups attached to an aromatic ring is 1.